The first kappa shape index (κ1) is 14.8. The van der Waals surface area contributed by atoms with Crippen LogP contribution in [-0.2, 0) is 9.47 Å². The van der Waals surface area contributed by atoms with Crippen molar-refractivity contribution in [3.63, 3.8) is 0 Å². The van der Waals surface area contributed by atoms with Crippen LogP contribution in [0.3, 0.4) is 0 Å². The van der Waals surface area contributed by atoms with Crippen LogP contribution in [0.5, 0.6) is 0 Å². The highest BCUT2D eigenvalue weighted by Crippen LogP contribution is 2.20. The second kappa shape index (κ2) is 6.61. The lowest BCUT2D eigenvalue weighted by Gasteiger charge is -2.12. The molecular formula is C12H22N4O2. The molecule has 1 aromatic heterocycles. The second-order valence-corrected chi connectivity index (χ2v) is 4.49. The maximum absolute atomic E-state index is 5.27. The third kappa shape index (κ3) is 3.36. The smallest absolute Gasteiger partial charge is 0.183 e. The summed E-state index contributed by atoms with van der Waals surface area (Å²) in [5.74, 6) is 1.70. The lowest BCUT2D eigenvalue weighted by molar-refractivity contribution is 0.101. The van der Waals surface area contributed by atoms with Gasteiger partial charge in [-0.15, -0.1) is 10.2 Å². The number of hydrogen-bond donors (Lipinski definition) is 0. The molecule has 1 aromatic rings. The standard InChI is InChI=1S/C12H22N4O2/c1-8(2)7-13-16-11(9(3)17-5)14-15-12(16)10(4)18-6/h7-10H,1-6H3/b13-7+/t9-,10-/m0/s1. The molecule has 1 heterocycles. The highest BCUT2D eigenvalue weighted by molar-refractivity contribution is 5.59. The highest BCUT2D eigenvalue weighted by atomic mass is 16.5. The molecule has 6 heteroatoms. The highest BCUT2D eigenvalue weighted by Gasteiger charge is 2.20. The average Bonchev–Trinajstić information content (AvgIpc) is 2.78. The molecule has 0 aromatic carbocycles. The second-order valence-electron chi connectivity index (χ2n) is 4.49. The lowest BCUT2D eigenvalue weighted by atomic mass is 10.3. The van der Waals surface area contributed by atoms with Crippen molar-refractivity contribution in [3.05, 3.63) is 11.6 Å². The quantitative estimate of drug-likeness (QED) is 0.730. The molecule has 0 bridgehead atoms. The Bertz CT molecular complexity index is 373. The Morgan fingerprint density at radius 1 is 1.00 bits per heavy atom. The van der Waals surface area contributed by atoms with Crippen LogP contribution in [0.1, 0.15) is 51.6 Å². The van der Waals surface area contributed by atoms with E-state index in [2.05, 4.69) is 29.1 Å². The monoisotopic (exact) mass is 254 g/mol. The number of methoxy groups -OCH3 is 2. The number of ether oxygens (including phenoxy) is 2. The SMILES string of the molecule is CO[C@@H](C)c1nnc([C@H](C)OC)n1/N=C/C(C)C. The molecule has 0 saturated heterocycles. The maximum Gasteiger partial charge on any atom is 0.183 e. The fourth-order valence-corrected chi connectivity index (χ4v) is 1.34. The molecule has 0 saturated carbocycles. The molecule has 0 aliphatic heterocycles. The predicted octanol–water partition coefficient (Wildman–Crippen LogP) is 2.18. The van der Waals surface area contributed by atoms with Crippen molar-refractivity contribution in [2.45, 2.75) is 39.9 Å². The Kier molecular flexibility index (Phi) is 5.43. The van der Waals surface area contributed by atoms with Crippen molar-refractivity contribution in [2.75, 3.05) is 14.2 Å². The Morgan fingerprint density at radius 2 is 1.44 bits per heavy atom. The normalized spacial score (nSPS) is 15.5. The summed E-state index contributed by atoms with van der Waals surface area (Å²) in [6.07, 6.45) is 1.51. The van der Waals surface area contributed by atoms with Crippen molar-refractivity contribution in [1.82, 2.24) is 14.9 Å². The van der Waals surface area contributed by atoms with Gasteiger partial charge in [0, 0.05) is 20.4 Å². The van der Waals surface area contributed by atoms with Gasteiger partial charge in [0.15, 0.2) is 11.6 Å². The van der Waals surface area contributed by atoms with Gasteiger partial charge < -0.3 is 9.47 Å². The summed E-state index contributed by atoms with van der Waals surface area (Å²) in [6, 6.07) is 0. The van der Waals surface area contributed by atoms with Gasteiger partial charge in [-0.2, -0.15) is 9.78 Å². The number of aromatic nitrogens is 3. The van der Waals surface area contributed by atoms with Crippen molar-refractivity contribution >= 4 is 6.21 Å². The summed E-state index contributed by atoms with van der Waals surface area (Å²) in [4.78, 5) is 0. The zero-order valence-corrected chi connectivity index (χ0v) is 11.9. The zero-order chi connectivity index (χ0) is 13.7. The molecule has 1 rings (SSSR count). The minimum absolute atomic E-state index is 0.167. The first-order chi connectivity index (χ1) is 8.51. The lowest BCUT2D eigenvalue weighted by Crippen LogP contribution is -2.10. The zero-order valence-electron chi connectivity index (χ0n) is 11.9. The topological polar surface area (TPSA) is 61.5 Å². The molecule has 2 atom stereocenters. The summed E-state index contributed by atoms with van der Waals surface area (Å²) < 4.78 is 12.2. The number of nitrogens with zero attached hydrogens (tertiary/aromatic N) is 4. The molecule has 102 valence electrons. The van der Waals surface area contributed by atoms with Crippen molar-refractivity contribution in [2.24, 2.45) is 11.0 Å². The van der Waals surface area contributed by atoms with Crippen molar-refractivity contribution in [1.29, 1.82) is 0 Å². The van der Waals surface area contributed by atoms with Crippen LogP contribution in [0.2, 0.25) is 0 Å². The van der Waals surface area contributed by atoms with E-state index in [1.54, 1.807) is 18.9 Å². The first-order valence-corrected chi connectivity index (χ1v) is 6.06. The van der Waals surface area contributed by atoms with E-state index >= 15 is 0 Å². The van der Waals surface area contributed by atoms with E-state index in [1.165, 1.54) is 0 Å². The van der Waals surface area contributed by atoms with E-state index in [4.69, 9.17) is 9.47 Å². The van der Waals surface area contributed by atoms with Gasteiger partial charge >= 0.3 is 0 Å². The summed E-state index contributed by atoms with van der Waals surface area (Å²) >= 11 is 0. The van der Waals surface area contributed by atoms with Crippen molar-refractivity contribution in [3.8, 4) is 0 Å². The molecule has 18 heavy (non-hydrogen) atoms. The molecule has 6 nitrogen and oxygen atoms in total. The van der Waals surface area contributed by atoms with Crippen LogP contribution >= 0.6 is 0 Å². The van der Waals surface area contributed by atoms with Crippen LogP contribution in [0, 0.1) is 5.92 Å². The van der Waals surface area contributed by atoms with Crippen LogP contribution in [0.4, 0.5) is 0 Å². The Morgan fingerprint density at radius 3 is 1.78 bits per heavy atom. The maximum atomic E-state index is 5.27. The van der Waals surface area contributed by atoms with Gasteiger partial charge in [0.2, 0.25) is 0 Å². The fraction of sp³-hybridized carbons (Fsp3) is 0.750. The van der Waals surface area contributed by atoms with Gasteiger partial charge in [0.05, 0.1) is 0 Å². The summed E-state index contributed by atoms with van der Waals surface area (Å²) in [6.45, 7) is 7.94. The van der Waals surface area contributed by atoms with Crippen LogP contribution < -0.4 is 0 Å². The average molecular weight is 254 g/mol. The predicted molar refractivity (Wildman–Crippen MR) is 69.6 cm³/mol. The molecule has 0 aliphatic rings. The van der Waals surface area contributed by atoms with Gasteiger partial charge in [-0.1, -0.05) is 13.8 Å². The summed E-state index contributed by atoms with van der Waals surface area (Å²) in [7, 11) is 3.27. The first-order valence-electron chi connectivity index (χ1n) is 6.06. The Labute approximate surface area is 108 Å². The van der Waals surface area contributed by atoms with Gasteiger partial charge in [0.25, 0.3) is 0 Å². The van der Waals surface area contributed by atoms with Gasteiger partial charge in [-0.05, 0) is 19.8 Å². The van der Waals surface area contributed by atoms with Crippen molar-refractivity contribution < 1.29 is 9.47 Å². The molecule has 0 amide bonds. The summed E-state index contributed by atoms with van der Waals surface area (Å²) in [5, 5.41) is 12.7. The molecule has 0 N–H and O–H groups in total. The number of hydrogen-bond acceptors (Lipinski definition) is 5. The Balaban J connectivity index is 3.16. The minimum Gasteiger partial charge on any atom is -0.374 e. The van der Waals surface area contributed by atoms with Gasteiger partial charge in [0.1, 0.15) is 12.2 Å². The van der Waals surface area contributed by atoms with E-state index in [-0.39, 0.29) is 12.2 Å². The Hall–Kier alpha value is -1.27. The van der Waals surface area contributed by atoms with Gasteiger partial charge in [-0.25, -0.2) is 0 Å². The molecule has 0 spiro atoms. The molecule has 0 aliphatic carbocycles. The van der Waals surface area contributed by atoms with E-state index in [9.17, 15) is 0 Å². The van der Waals surface area contributed by atoms with Crippen LogP contribution in [0.25, 0.3) is 0 Å². The number of rotatable bonds is 6. The van der Waals surface area contributed by atoms with Crippen LogP contribution in [0.15, 0.2) is 5.10 Å². The molecular weight excluding hydrogens is 232 g/mol. The summed E-state index contributed by atoms with van der Waals surface area (Å²) in [5.41, 5.74) is 0. The van der Waals surface area contributed by atoms with E-state index < -0.39 is 0 Å². The van der Waals surface area contributed by atoms with E-state index in [0.29, 0.717) is 17.6 Å². The molecule has 0 fully saturated rings. The molecule has 0 unspecified atom stereocenters. The van der Waals surface area contributed by atoms with Crippen LogP contribution in [-0.4, -0.2) is 35.3 Å². The van der Waals surface area contributed by atoms with Gasteiger partial charge in [-0.3, -0.25) is 0 Å². The minimum atomic E-state index is -0.167. The fourth-order valence-electron chi connectivity index (χ4n) is 1.34. The third-order valence-electron chi connectivity index (χ3n) is 2.60. The van der Waals surface area contributed by atoms with E-state index in [1.807, 2.05) is 20.1 Å². The molecule has 0 radical (unpaired) electrons. The van der Waals surface area contributed by atoms with E-state index in [0.717, 1.165) is 0 Å². The largest absolute Gasteiger partial charge is 0.374 e. The third-order valence-corrected chi connectivity index (χ3v) is 2.60.